The highest BCUT2D eigenvalue weighted by Gasteiger charge is 2.32. The monoisotopic (exact) mass is 303 g/mol. The number of carboxylic acid groups (broad SMARTS) is 1. The Kier molecular flexibility index (Phi) is 6.68. The molecule has 0 aliphatic rings. The lowest BCUT2D eigenvalue weighted by molar-refractivity contribution is -0.138. The number of rotatable bonds is 8. The van der Waals surface area contributed by atoms with Crippen molar-refractivity contribution in [2.24, 2.45) is 5.92 Å². The van der Waals surface area contributed by atoms with Gasteiger partial charge in [0, 0.05) is 13.0 Å². The summed E-state index contributed by atoms with van der Waals surface area (Å²) in [4.78, 5) is 10.4. The van der Waals surface area contributed by atoms with Crippen molar-refractivity contribution in [2.45, 2.75) is 38.9 Å². The first-order chi connectivity index (χ1) is 9.80. The van der Waals surface area contributed by atoms with Crippen molar-refractivity contribution in [1.29, 1.82) is 0 Å². The van der Waals surface area contributed by atoms with Crippen LogP contribution in [0.5, 0.6) is 0 Å². The van der Waals surface area contributed by atoms with Gasteiger partial charge in [-0.25, -0.2) is 0 Å². The van der Waals surface area contributed by atoms with Crippen molar-refractivity contribution >= 4 is 5.97 Å². The first kappa shape index (κ1) is 17.5. The molecule has 0 fully saturated rings. The van der Waals surface area contributed by atoms with Gasteiger partial charge in [0.05, 0.1) is 5.56 Å². The molecule has 2 N–H and O–H groups in total. The van der Waals surface area contributed by atoms with E-state index >= 15 is 0 Å². The molecule has 0 aliphatic carbocycles. The molecule has 1 unspecified atom stereocenters. The fourth-order valence-electron chi connectivity index (χ4n) is 2.04. The molecular formula is C15H20F3NO2. The van der Waals surface area contributed by atoms with Gasteiger partial charge >= 0.3 is 12.1 Å². The van der Waals surface area contributed by atoms with Crippen LogP contribution in [0.15, 0.2) is 24.3 Å². The number of carboxylic acids is 1. The summed E-state index contributed by atoms with van der Waals surface area (Å²) < 4.78 is 38.3. The smallest absolute Gasteiger partial charge is 0.416 e. The Morgan fingerprint density at radius 1 is 1.29 bits per heavy atom. The summed E-state index contributed by atoms with van der Waals surface area (Å²) in [7, 11) is 0. The molecule has 0 aliphatic heterocycles. The van der Waals surface area contributed by atoms with Crippen LogP contribution in [-0.4, -0.2) is 17.6 Å². The highest BCUT2D eigenvalue weighted by atomic mass is 19.4. The van der Waals surface area contributed by atoms with E-state index in [0.717, 1.165) is 12.5 Å². The van der Waals surface area contributed by atoms with E-state index in [2.05, 4.69) is 5.32 Å². The molecule has 0 spiro atoms. The number of benzene rings is 1. The minimum Gasteiger partial charge on any atom is -0.481 e. The molecule has 1 aromatic rings. The van der Waals surface area contributed by atoms with E-state index in [9.17, 15) is 18.0 Å². The Morgan fingerprint density at radius 2 is 1.95 bits per heavy atom. The van der Waals surface area contributed by atoms with E-state index in [4.69, 9.17) is 5.11 Å². The van der Waals surface area contributed by atoms with Crippen LogP contribution in [0.25, 0.3) is 0 Å². The molecule has 6 heteroatoms. The summed E-state index contributed by atoms with van der Waals surface area (Å²) in [5.41, 5.74) is -0.389. The molecule has 1 atom stereocenters. The Bertz CT molecular complexity index is 460. The van der Waals surface area contributed by atoms with Gasteiger partial charge in [-0.15, -0.1) is 0 Å². The van der Waals surface area contributed by atoms with Gasteiger partial charge in [-0.1, -0.05) is 25.1 Å². The zero-order chi connectivity index (χ0) is 15.9. The summed E-state index contributed by atoms with van der Waals surface area (Å²) in [5.74, 6) is -0.597. The SMILES string of the molecule is CC(CCNCc1ccccc1C(F)(F)F)CCC(=O)O. The van der Waals surface area contributed by atoms with E-state index in [1.54, 1.807) is 6.07 Å². The van der Waals surface area contributed by atoms with Crippen molar-refractivity contribution in [3.63, 3.8) is 0 Å². The van der Waals surface area contributed by atoms with Crippen LogP contribution < -0.4 is 5.32 Å². The lowest BCUT2D eigenvalue weighted by Gasteiger charge is -2.14. The maximum atomic E-state index is 12.8. The van der Waals surface area contributed by atoms with Gasteiger partial charge in [-0.2, -0.15) is 13.2 Å². The average Bonchev–Trinajstić information content (AvgIpc) is 2.40. The maximum absolute atomic E-state index is 12.8. The lowest BCUT2D eigenvalue weighted by Crippen LogP contribution is -2.20. The van der Waals surface area contributed by atoms with E-state index in [-0.39, 0.29) is 24.4 Å². The van der Waals surface area contributed by atoms with Crippen LogP contribution in [-0.2, 0) is 17.5 Å². The Morgan fingerprint density at radius 3 is 2.57 bits per heavy atom. The van der Waals surface area contributed by atoms with E-state index < -0.39 is 17.7 Å². The molecule has 1 rings (SSSR count). The average molecular weight is 303 g/mol. The number of hydrogen-bond acceptors (Lipinski definition) is 2. The molecule has 0 saturated carbocycles. The van der Waals surface area contributed by atoms with Crippen LogP contribution in [0.1, 0.15) is 37.3 Å². The second-order valence-corrected chi connectivity index (χ2v) is 5.16. The lowest BCUT2D eigenvalue weighted by atomic mass is 10.0. The van der Waals surface area contributed by atoms with Crippen molar-refractivity contribution in [2.75, 3.05) is 6.54 Å². The van der Waals surface area contributed by atoms with Gasteiger partial charge in [0.2, 0.25) is 0 Å². The Balaban J connectivity index is 2.38. The molecule has 0 amide bonds. The van der Waals surface area contributed by atoms with Gasteiger partial charge in [0.15, 0.2) is 0 Å². The van der Waals surface area contributed by atoms with Gasteiger partial charge in [0.25, 0.3) is 0 Å². The van der Waals surface area contributed by atoms with Gasteiger partial charge in [0.1, 0.15) is 0 Å². The van der Waals surface area contributed by atoms with Gasteiger partial charge in [-0.05, 0) is 36.9 Å². The third-order valence-electron chi connectivity index (χ3n) is 3.30. The van der Waals surface area contributed by atoms with Crippen LogP contribution in [0.3, 0.4) is 0 Å². The first-order valence-electron chi connectivity index (χ1n) is 6.88. The topological polar surface area (TPSA) is 49.3 Å². The number of halogens is 3. The van der Waals surface area contributed by atoms with E-state index in [1.165, 1.54) is 12.1 Å². The Hall–Kier alpha value is -1.56. The normalized spacial score (nSPS) is 13.1. The number of aliphatic carboxylic acids is 1. The van der Waals surface area contributed by atoms with E-state index in [1.807, 2.05) is 6.92 Å². The second-order valence-electron chi connectivity index (χ2n) is 5.16. The molecule has 3 nitrogen and oxygen atoms in total. The molecule has 0 radical (unpaired) electrons. The molecule has 1 aromatic carbocycles. The predicted octanol–water partition coefficient (Wildman–Crippen LogP) is 3.69. The van der Waals surface area contributed by atoms with Crippen molar-refractivity contribution < 1.29 is 23.1 Å². The molecule has 0 heterocycles. The quantitative estimate of drug-likeness (QED) is 0.720. The molecule has 118 valence electrons. The zero-order valence-electron chi connectivity index (χ0n) is 11.9. The molecular weight excluding hydrogens is 283 g/mol. The maximum Gasteiger partial charge on any atom is 0.416 e. The predicted molar refractivity (Wildman–Crippen MR) is 73.8 cm³/mol. The summed E-state index contributed by atoms with van der Waals surface area (Å²) >= 11 is 0. The van der Waals surface area contributed by atoms with Crippen LogP contribution in [0.4, 0.5) is 13.2 Å². The molecule has 21 heavy (non-hydrogen) atoms. The van der Waals surface area contributed by atoms with Crippen LogP contribution in [0.2, 0.25) is 0 Å². The first-order valence-corrected chi connectivity index (χ1v) is 6.88. The second kappa shape index (κ2) is 8.02. The minimum atomic E-state index is -4.34. The van der Waals surface area contributed by atoms with Gasteiger partial charge in [-0.3, -0.25) is 4.79 Å². The van der Waals surface area contributed by atoms with Crippen molar-refractivity contribution in [3.8, 4) is 0 Å². The Labute approximate surface area is 122 Å². The standard InChI is InChI=1S/C15H20F3NO2/c1-11(6-7-14(20)21)8-9-19-10-12-4-2-3-5-13(12)15(16,17)18/h2-5,11,19H,6-10H2,1H3,(H,20,21). The third kappa shape index (κ3) is 6.62. The summed E-state index contributed by atoms with van der Waals surface area (Å²) in [6.45, 7) is 2.66. The van der Waals surface area contributed by atoms with Gasteiger partial charge < -0.3 is 10.4 Å². The van der Waals surface area contributed by atoms with E-state index in [0.29, 0.717) is 13.0 Å². The van der Waals surface area contributed by atoms with Crippen LogP contribution in [0, 0.1) is 5.92 Å². The third-order valence-corrected chi connectivity index (χ3v) is 3.30. The molecule has 0 bridgehead atoms. The largest absolute Gasteiger partial charge is 0.481 e. The number of nitrogens with one attached hydrogen (secondary N) is 1. The number of carbonyl (C=O) groups is 1. The van der Waals surface area contributed by atoms with Crippen LogP contribution >= 0.6 is 0 Å². The van der Waals surface area contributed by atoms with Crippen molar-refractivity contribution in [3.05, 3.63) is 35.4 Å². The fourth-order valence-corrected chi connectivity index (χ4v) is 2.04. The summed E-state index contributed by atoms with van der Waals surface area (Å²) in [6, 6.07) is 5.50. The highest BCUT2D eigenvalue weighted by molar-refractivity contribution is 5.66. The number of hydrogen-bond donors (Lipinski definition) is 2. The molecule has 0 aromatic heterocycles. The van der Waals surface area contributed by atoms with Crippen molar-refractivity contribution in [1.82, 2.24) is 5.32 Å². The summed E-state index contributed by atoms with van der Waals surface area (Å²) in [6.07, 6.45) is -2.90. The summed E-state index contributed by atoms with van der Waals surface area (Å²) in [5, 5.41) is 11.6. The highest BCUT2D eigenvalue weighted by Crippen LogP contribution is 2.31. The number of alkyl halides is 3. The zero-order valence-corrected chi connectivity index (χ0v) is 11.9. The minimum absolute atomic E-state index is 0.123. The molecule has 0 saturated heterocycles. The fraction of sp³-hybridized carbons (Fsp3) is 0.533.